The molecular weight excluding hydrogens is 138 g/mol. The van der Waals surface area contributed by atoms with E-state index in [1.165, 1.54) is 5.56 Å². The fourth-order valence-corrected chi connectivity index (χ4v) is 1.28. The average Bonchev–Trinajstić information content (AvgIpc) is 2.50. The van der Waals surface area contributed by atoms with Gasteiger partial charge in [-0.3, -0.25) is 0 Å². The van der Waals surface area contributed by atoms with Crippen molar-refractivity contribution in [1.82, 2.24) is 4.98 Å². The molecule has 11 heavy (non-hydrogen) atoms. The molecule has 0 aromatic carbocycles. The molecule has 0 aliphatic carbocycles. The summed E-state index contributed by atoms with van der Waals surface area (Å²) >= 11 is 0. The first kappa shape index (κ1) is 6.65. The molecule has 2 rings (SSSR count). The fourth-order valence-electron chi connectivity index (χ4n) is 1.28. The molecule has 0 N–H and O–H groups in total. The van der Waals surface area contributed by atoms with Crippen molar-refractivity contribution >= 4 is 0 Å². The second kappa shape index (κ2) is 2.53. The van der Waals surface area contributed by atoms with Gasteiger partial charge in [0.15, 0.2) is 0 Å². The summed E-state index contributed by atoms with van der Waals surface area (Å²) in [7, 11) is 0. The van der Waals surface area contributed by atoms with E-state index < -0.39 is 0 Å². The van der Waals surface area contributed by atoms with Crippen molar-refractivity contribution in [3.8, 4) is 5.88 Å². The van der Waals surface area contributed by atoms with Crippen LogP contribution in [-0.4, -0.2) is 11.6 Å². The maximum atomic E-state index is 5.33. The van der Waals surface area contributed by atoms with Gasteiger partial charge in [-0.2, -0.15) is 0 Å². The number of pyridine rings is 1. The third-order valence-electron chi connectivity index (χ3n) is 1.97. The number of fused-ring (bicyclic) bond motifs is 1. The van der Waals surface area contributed by atoms with Crippen molar-refractivity contribution in [2.24, 2.45) is 0 Å². The van der Waals surface area contributed by atoms with Crippen LogP contribution in [0.1, 0.15) is 18.2 Å². The zero-order valence-corrected chi connectivity index (χ0v) is 6.63. The molecular formula is C9H11NO. The van der Waals surface area contributed by atoms with Crippen LogP contribution in [0.2, 0.25) is 0 Å². The van der Waals surface area contributed by atoms with Gasteiger partial charge in [-0.15, -0.1) is 0 Å². The summed E-state index contributed by atoms with van der Waals surface area (Å²) in [6, 6.07) is 4.20. The summed E-state index contributed by atoms with van der Waals surface area (Å²) in [4.78, 5) is 4.35. The van der Waals surface area contributed by atoms with Gasteiger partial charge in [-0.05, 0) is 12.5 Å². The van der Waals surface area contributed by atoms with E-state index in [0.29, 0.717) is 0 Å². The van der Waals surface area contributed by atoms with Crippen LogP contribution in [-0.2, 0) is 12.8 Å². The summed E-state index contributed by atoms with van der Waals surface area (Å²) in [6.07, 6.45) is 2.00. The van der Waals surface area contributed by atoms with E-state index in [1.807, 2.05) is 0 Å². The summed E-state index contributed by atoms with van der Waals surface area (Å²) in [5, 5.41) is 0. The minimum atomic E-state index is 0.801. The van der Waals surface area contributed by atoms with Crippen molar-refractivity contribution in [3.63, 3.8) is 0 Å². The summed E-state index contributed by atoms with van der Waals surface area (Å²) < 4.78 is 5.33. The topological polar surface area (TPSA) is 22.1 Å². The van der Waals surface area contributed by atoms with Gasteiger partial charge in [0.05, 0.1) is 6.61 Å². The first-order valence-electron chi connectivity index (χ1n) is 4.01. The Kier molecular flexibility index (Phi) is 1.53. The molecule has 58 valence electrons. The number of hydrogen-bond acceptors (Lipinski definition) is 2. The molecule has 1 aliphatic heterocycles. The molecule has 1 aromatic rings. The van der Waals surface area contributed by atoms with Crippen molar-refractivity contribution in [1.29, 1.82) is 0 Å². The molecule has 2 heterocycles. The molecule has 0 bridgehead atoms. The lowest BCUT2D eigenvalue weighted by Crippen LogP contribution is -1.91. The number of hydrogen-bond donors (Lipinski definition) is 0. The van der Waals surface area contributed by atoms with Crippen molar-refractivity contribution in [3.05, 3.63) is 23.4 Å². The number of aromatic nitrogens is 1. The predicted octanol–water partition coefficient (Wildman–Crippen LogP) is 1.58. The molecule has 0 saturated carbocycles. The standard InChI is InChI=1S/C9H11NO/c1-2-8-4-3-7-5-6-11-9(7)10-8/h3-4H,2,5-6H2,1H3. The Morgan fingerprint density at radius 3 is 3.27 bits per heavy atom. The molecule has 0 spiro atoms. The first-order valence-corrected chi connectivity index (χ1v) is 4.01. The molecule has 1 aromatic heterocycles. The highest BCUT2D eigenvalue weighted by molar-refractivity contribution is 5.31. The normalized spacial score (nSPS) is 14.3. The third kappa shape index (κ3) is 1.09. The molecule has 2 heteroatoms. The molecule has 0 radical (unpaired) electrons. The molecule has 2 nitrogen and oxygen atoms in total. The van der Waals surface area contributed by atoms with Crippen LogP contribution in [0.4, 0.5) is 0 Å². The fraction of sp³-hybridized carbons (Fsp3) is 0.444. The maximum absolute atomic E-state index is 5.33. The number of aryl methyl sites for hydroxylation is 1. The number of rotatable bonds is 1. The van der Waals surface area contributed by atoms with Crippen LogP contribution in [0.15, 0.2) is 12.1 Å². The summed E-state index contributed by atoms with van der Waals surface area (Å²) in [6.45, 7) is 2.90. The van der Waals surface area contributed by atoms with E-state index in [-0.39, 0.29) is 0 Å². The van der Waals surface area contributed by atoms with Crippen LogP contribution in [0.25, 0.3) is 0 Å². The van der Waals surface area contributed by atoms with Gasteiger partial charge in [-0.1, -0.05) is 13.0 Å². The summed E-state index contributed by atoms with van der Waals surface area (Å²) in [5.74, 6) is 0.851. The van der Waals surface area contributed by atoms with Gasteiger partial charge in [0, 0.05) is 17.7 Å². The van der Waals surface area contributed by atoms with Crippen molar-refractivity contribution in [2.45, 2.75) is 19.8 Å². The van der Waals surface area contributed by atoms with Gasteiger partial charge in [-0.25, -0.2) is 4.98 Å². The number of nitrogens with zero attached hydrogens (tertiary/aromatic N) is 1. The quantitative estimate of drug-likeness (QED) is 0.604. The monoisotopic (exact) mass is 149 g/mol. The van der Waals surface area contributed by atoms with Crippen molar-refractivity contribution < 1.29 is 4.74 Å². The molecule has 1 aliphatic rings. The van der Waals surface area contributed by atoms with E-state index in [1.54, 1.807) is 0 Å². The highest BCUT2D eigenvalue weighted by atomic mass is 16.5. The first-order chi connectivity index (χ1) is 5.40. The van der Waals surface area contributed by atoms with Gasteiger partial charge in [0.1, 0.15) is 0 Å². The third-order valence-corrected chi connectivity index (χ3v) is 1.97. The Morgan fingerprint density at radius 1 is 1.55 bits per heavy atom. The van der Waals surface area contributed by atoms with E-state index in [4.69, 9.17) is 4.74 Å². The van der Waals surface area contributed by atoms with Crippen LogP contribution < -0.4 is 4.74 Å². The van der Waals surface area contributed by atoms with Crippen LogP contribution in [0.3, 0.4) is 0 Å². The Hall–Kier alpha value is -1.05. The lowest BCUT2D eigenvalue weighted by Gasteiger charge is -1.99. The minimum Gasteiger partial charge on any atom is -0.477 e. The van der Waals surface area contributed by atoms with Gasteiger partial charge < -0.3 is 4.74 Å². The van der Waals surface area contributed by atoms with Gasteiger partial charge >= 0.3 is 0 Å². The Balaban J connectivity index is 2.41. The predicted molar refractivity (Wildman–Crippen MR) is 42.8 cm³/mol. The molecule has 0 atom stereocenters. The van der Waals surface area contributed by atoms with Crippen molar-refractivity contribution in [2.75, 3.05) is 6.61 Å². The van der Waals surface area contributed by atoms with Gasteiger partial charge in [0.25, 0.3) is 0 Å². The lowest BCUT2D eigenvalue weighted by atomic mass is 10.2. The second-order valence-corrected chi connectivity index (χ2v) is 2.72. The minimum absolute atomic E-state index is 0.801. The smallest absolute Gasteiger partial charge is 0.216 e. The van der Waals surface area contributed by atoms with Crippen LogP contribution in [0, 0.1) is 0 Å². The van der Waals surface area contributed by atoms with E-state index >= 15 is 0 Å². The zero-order chi connectivity index (χ0) is 7.68. The van der Waals surface area contributed by atoms with Crippen LogP contribution in [0.5, 0.6) is 5.88 Å². The Bertz CT molecular complexity index is 270. The average molecular weight is 149 g/mol. The Morgan fingerprint density at radius 2 is 2.45 bits per heavy atom. The van der Waals surface area contributed by atoms with E-state index in [2.05, 4.69) is 24.0 Å². The zero-order valence-electron chi connectivity index (χ0n) is 6.63. The molecule has 0 saturated heterocycles. The van der Waals surface area contributed by atoms with E-state index in [0.717, 1.165) is 31.0 Å². The Labute approximate surface area is 66.2 Å². The summed E-state index contributed by atoms with van der Waals surface area (Å²) in [5.41, 5.74) is 2.37. The SMILES string of the molecule is CCc1ccc2c(n1)OCC2. The molecule has 0 unspecified atom stereocenters. The second-order valence-electron chi connectivity index (χ2n) is 2.72. The maximum Gasteiger partial charge on any atom is 0.216 e. The molecule has 0 amide bonds. The molecule has 0 fully saturated rings. The van der Waals surface area contributed by atoms with Gasteiger partial charge in [0.2, 0.25) is 5.88 Å². The largest absolute Gasteiger partial charge is 0.477 e. The van der Waals surface area contributed by atoms with Crippen LogP contribution >= 0.6 is 0 Å². The highest BCUT2D eigenvalue weighted by Gasteiger charge is 2.12. The number of ether oxygens (including phenoxy) is 1. The van der Waals surface area contributed by atoms with E-state index in [9.17, 15) is 0 Å². The highest BCUT2D eigenvalue weighted by Crippen LogP contribution is 2.22. The lowest BCUT2D eigenvalue weighted by molar-refractivity contribution is 0.344.